The monoisotopic (exact) mass is 522 g/mol. The van der Waals surface area contributed by atoms with Crippen LogP contribution >= 0.6 is 15.9 Å². The fraction of sp³-hybridized carbons (Fsp3) is 0.0625. The molecule has 0 unspecified atom stereocenters. The van der Waals surface area contributed by atoms with Gasteiger partial charge in [0.1, 0.15) is 11.5 Å². The first kappa shape index (κ1) is 24.3. The van der Waals surface area contributed by atoms with Crippen LogP contribution in [0.4, 0.5) is 0 Å². The van der Waals surface area contributed by atoms with Gasteiger partial charge in [-0.2, -0.15) is 0 Å². The van der Waals surface area contributed by atoms with E-state index in [2.05, 4.69) is 119 Å². The Hall–Kier alpha value is -3.82. The first-order chi connectivity index (χ1) is 17.1. The third-order valence-corrected chi connectivity index (χ3v) is 6.03. The standard InChI is InChI=1S/C32H27BrO2/c1-34-31-17-11-25(12-18-31)4-7-28-21-27(6-3-24-9-15-30(33)16-10-24)22-29(23-28)8-5-26-13-19-32(35-2)20-14-26/h3-23H,1-2H3/b6-3+,7-4+,8-5+. The molecule has 2 nitrogen and oxygen atoms in total. The second-order valence-corrected chi connectivity index (χ2v) is 8.95. The Labute approximate surface area is 216 Å². The molecule has 0 N–H and O–H groups in total. The molecule has 0 amide bonds. The summed E-state index contributed by atoms with van der Waals surface area (Å²) in [5.41, 5.74) is 6.80. The average Bonchev–Trinajstić information content (AvgIpc) is 2.91. The number of hydrogen-bond acceptors (Lipinski definition) is 2. The molecular weight excluding hydrogens is 496 g/mol. The van der Waals surface area contributed by atoms with Gasteiger partial charge in [0.25, 0.3) is 0 Å². The maximum Gasteiger partial charge on any atom is 0.118 e. The zero-order chi connectivity index (χ0) is 24.5. The van der Waals surface area contributed by atoms with Crippen molar-refractivity contribution in [2.24, 2.45) is 0 Å². The summed E-state index contributed by atoms with van der Waals surface area (Å²) in [5.74, 6) is 1.71. The normalized spacial score (nSPS) is 11.5. The third kappa shape index (κ3) is 7.33. The molecule has 0 saturated heterocycles. The van der Waals surface area contributed by atoms with Gasteiger partial charge in [-0.3, -0.25) is 0 Å². The predicted octanol–water partition coefficient (Wildman–Crippen LogP) is 8.98. The lowest BCUT2D eigenvalue weighted by molar-refractivity contribution is 0.414. The summed E-state index contributed by atoms with van der Waals surface area (Å²) in [7, 11) is 3.36. The molecule has 4 rings (SSSR count). The van der Waals surface area contributed by atoms with Crippen LogP contribution in [0.5, 0.6) is 11.5 Å². The van der Waals surface area contributed by atoms with Crippen LogP contribution in [0.25, 0.3) is 36.5 Å². The Bertz CT molecular complexity index is 1250. The molecule has 0 aliphatic carbocycles. The molecule has 0 aromatic heterocycles. The van der Waals surface area contributed by atoms with Gasteiger partial charge in [-0.15, -0.1) is 0 Å². The summed E-state index contributed by atoms with van der Waals surface area (Å²) in [6.45, 7) is 0. The summed E-state index contributed by atoms with van der Waals surface area (Å²) in [6.07, 6.45) is 12.8. The van der Waals surface area contributed by atoms with Crippen molar-refractivity contribution in [1.82, 2.24) is 0 Å². The van der Waals surface area contributed by atoms with Crippen LogP contribution in [0.15, 0.2) is 95.5 Å². The highest BCUT2D eigenvalue weighted by atomic mass is 79.9. The lowest BCUT2D eigenvalue weighted by Crippen LogP contribution is -1.83. The maximum atomic E-state index is 5.26. The van der Waals surface area contributed by atoms with E-state index >= 15 is 0 Å². The van der Waals surface area contributed by atoms with Gasteiger partial charge in [-0.05, 0) is 88.0 Å². The van der Waals surface area contributed by atoms with Crippen molar-refractivity contribution in [3.05, 3.63) is 129 Å². The van der Waals surface area contributed by atoms with Crippen molar-refractivity contribution in [2.75, 3.05) is 14.2 Å². The van der Waals surface area contributed by atoms with Crippen molar-refractivity contribution in [2.45, 2.75) is 0 Å². The average molecular weight is 523 g/mol. The zero-order valence-corrected chi connectivity index (χ0v) is 21.4. The smallest absolute Gasteiger partial charge is 0.118 e. The number of methoxy groups -OCH3 is 2. The van der Waals surface area contributed by atoms with Crippen molar-refractivity contribution >= 4 is 52.4 Å². The third-order valence-electron chi connectivity index (χ3n) is 5.51. The van der Waals surface area contributed by atoms with Crippen LogP contribution in [-0.4, -0.2) is 14.2 Å². The fourth-order valence-electron chi connectivity index (χ4n) is 3.57. The van der Waals surface area contributed by atoms with E-state index in [9.17, 15) is 0 Å². The highest BCUT2D eigenvalue weighted by molar-refractivity contribution is 9.10. The molecule has 0 spiro atoms. The van der Waals surface area contributed by atoms with E-state index in [0.717, 1.165) is 49.4 Å². The van der Waals surface area contributed by atoms with Crippen molar-refractivity contribution in [1.29, 1.82) is 0 Å². The van der Waals surface area contributed by atoms with Gasteiger partial charge in [0, 0.05) is 4.47 Å². The molecule has 0 aliphatic heterocycles. The lowest BCUT2D eigenvalue weighted by Gasteiger charge is -2.04. The van der Waals surface area contributed by atoms with Crippen LogP contribution < -0.4 is 9.47 Å². The molecule has 0 fully saturated rings. The minimum atomic E-state index is 0.855. The fourth-order valence-corrected chi connectivity index (χ4v) is 3.84. The molecular formula is C32H27BrO2. The van der Waals surface area contributed by atoms with Crippen LogP contribution in [0.1, 0.15) is 33.4 Å². The van der Waals surface area contributed by atoms with Crippen molar-refractivity contribution < 1.29 is 9.47 Å². The summed E-state index contributed by atoms with van der Waals surface area (Å²) in [4.78, 5) is 0. The second kappa shape index (κ2) is 12.0. The summed E-state index contributed by atoms with van der Waals surface area (Å²) >= 11 is 3.50. The van der Waals surface area contributed by atoms with Crippen molar-refractivity contribution in [3.8, 4) is 11.5 Å². The number of ether oxygens (including phenoxy) is 2. The molecule has 174 valence electrons. The Morgan fingerprint density at radius 3 is 1.03 bits per heavy atom. The highest BCUT2D eigenvalue weighted by Crippen LogP contribution is 2.21. The SMILES string of the molecule is COc1ccc(/C=C/c2cc(/C=C/c3ccc(Br)cc3)cc(/C=C/c3ccc(OC)cc3)c2)cc1. The van der Waals surface area contributed by atoms with E-state index in [0.29, 0.717) is 0 Å². The van der Waals surface area contributed by atoms with Crippen LogP contribution in [0.3, 0.4) is 0 Å². The Balaban J connectivity index is 1.62. The maximum absolute atomic E-state index is 5.26. The van der Waals surface area contributed by atoms with Crippen LogP contribution in [-0.2, 0) is 0 Å². The highest BCUT2D eigenvalue weighted by Gasteiger charge is 1.98. The predicted molar refractivity (Wildman–Crippen MR) is 153 cm³/mol. The summed E-state index contributed by atoms with van der Waals surface area (Å²) in [5, 5.41) is 0. The minimum Gasteiger partial charge on any atom is -0.497 e. The molecule has 4 aromatic carbocycles. The molecule has 3 heteroatoms. The van der Waals surface area contributed by atoms with Crippen LogP contribution in [0.2, 0.25) is 0 Å². The van der Waals surface area contributed by atoms with Crippen LogP contribution in [0, 0.1) is 0 Å². The van der Waals surface area contributed by atoms with Gasteiger partial charge >= 0.3 is 0 Å². The van der Waals surface area contributed by atoms with E-state index in [1.807, 2.05) is 24.3 Å². The molecule has 0 atom stereocenters. The largest absolute Gasteiger partial charge is 0.497 e. The van der Waals surface area contributed by atoms with Gasteiger partial charge in [0.15, 0.2) is 0 Å². The topological polar surface area (TPSA) is 18.5 Å². The first-order valence-corrected chi connectivity index (χ1v) is 12.1. The van der Waals surface area contributed by atoms with E-state index in [4.69, 9.17) is 9.47 Å². The Kier molecular flexibility index (Phi) is 8.37. The summed E-state index contributed by atoms with van der Waals surface area (Å²) < 4.78 is 11.6. The van der Waals surface area contributed by atoms with Gasteiger partial charge in [0.05, 0.1) is 14.2 Å². The molecule has 0 radical (unpaired) electrons. The first-order valence-electron chi connectivity index (χ1n) is 11.3. The van der Waals surface area contributed by atoms with E-state index in [-0.39, 0.29) is 0 Å². The van der Waals surface area contributed by atoms with Crippen molar-refractivity contribution in [3.63, 3.8) is 0 Å². The van der Waals surface area contributed by atoms with Gasteiger partial charge in [-0.25, -0.2) is 0 Å². The minimum absolute atomic E-state index is 0.855. The second-order valence-electron chi connectivity index (χ2n) is 8.03. The molecule has 0 bridgehead atoms. The molecule has 0 aliphatic rings. The van der Waals surface area contributed by atoms with Gasteiger partial charge in [-0.1, -0.05) is 88.8 Å². The van der Waals surface area contributed by atoms with Gasteiger partial charge < -0.3 is 9.47 Å². The molecule has 0 saturated carbocycles. The number of benzene rings is 4. The summed E-state index contributed by atoms with van der Waals surface area (Å²) in [6, 6.07) is 31.0. The number of rotatable bonds is 8. The molecule has 35 heavy (non-hydrogen) atoms. The lowest BCUT2D eigenvalue weighted by atomic mass is 10.0. The number of halogens is 1. The van der Waals surface area contributed by atoms with E-state index in [1.165, 1.54) is 0 Å². The Morgan fingerprint density at radius 1 is 0.429 bits per heavy atom. The molecule has 4 aromatic rings. The zero-order valence-electron chi connectivity index (χ0n) is 19.8. The molecule has 0 heterocycles. The number of hydrogen-bond donors (Lipinski definition) is 0. The Morgan fingerprint density at radius 2 is 0.714 bits per heavy atom. The van der Waals surface area contributed by atoms with Gasteiger partial charge in [0.2, 0.25) is 0 Å². The van der Waals surface area contributed by atoms with E-state index in [1.54, 1.807) is 14.2 Å². The van der Waals surface area contributed by atoms with E-state index < -0.39 is 0 Å². The quantitative estimate of drug-likeness (QED) is 0.215.